The van der Waals surface area contributed by atoms with Crippen molar-refractivity contribution in [2.45, 2.75) is 24.8 Å². The zero-order valence-electron chi connectivity index (χ0n) is 17.0. The van der Waals surface area contributed by atoms with E-state index < -0.39 is 22.0 Å². The minimum absolute atomic E-state index is 0.0632. The summed E-state index contributed by atoms with van der Waals surface area (Å²) in [7, 11) is -2.64. The number of fused-ring (bicyclic) bond motifs is 1. The molecule has 5 nitrogen and oxygen atoms in total. The lowest BCUT2D eigenvalue weighted by molar-refractivity contribution is -0.143. The quantitative estimate of drug-likeness (QED) is 0.503. The molecule has 3 aromatic carbocycles. The Morgan fingerprint density at radius 2 is 1.50 bits per heavy atom. The Bertz CT molecular complexity index is 1220. The molecule has 0 aliphatic rings. The molecule has 0 heterocycles. The fourth-order valence-corrected chi connectivity index (χ4v) is 4.28. The van der Waals surface area contributed by atoms with Crippen LogP contribution in [0, 0.1) is 17.8 Å². The van der Waals surface area contributed by atoms with Crippen LogP contribution in [0.5, 0.6) is 0 Å². The first-order valence-corrected chi connectivity index (χ1v) is 11.0. The van der Waals surface area contributed by atoms with Crippen molar-refractivity contribution in [3.63, 3.8) is 0 Å². The van der Waals surface area contributed by atoms with Gasteiger partial charge in [-0.1, -0.05) is 56.0 Å². The van der Waals surface area contributed by atoms with Gasteiger partial charge < -0.3 is 4.74 Å². The molecule has 0 saturated heterocycles. The average Bonchev–Trinajstić information content (AvgIpc) is 2.75. The highest BCUT2D eigenvalue weighted by molar-refractivity contribution is 7.89. The summed E-state index contributed by atoms with van der Waals surface area (Å²) in [5, 5.41) is 2.26. The topological polar surface area (TPSA) is 72.5 Å². The Morgan fingerprint density at radius 1 is 0.900 bits per heavy atom. The molecule has 0 aromatic heterocycles. The monoisotopic (exact) mass is 421 g/mol. The van der Waals surface area contributed by atoms with E-state index in [4.69, 9.17) is 4.74 Å². The smallest absolute Gasteiger partial charge is 0.324 e. The van der Waals surface area contributed by atoms with Gasteiger partial charge in [0.25, 0.3) is 0 Å². The molecular weight excluding hydrogens is 398 g/mol. The zero-order valence-corrected chi connectivity index (χ0v) is 17.9. The summed E-state index contributed by atoms with van der Waals surface area (Å²) in [6.07, 6.45) is 0. The maximum absolute atomic E-state index is 12.6. The molecule has 0 amide bonds. The summed E-state index contributed by atoms with van der Waals surface area (Å²) < 4.78 is 32.4. The Balaban J connectivity index is 1.79. The Hall–Kier alpha value is -3.14. The summed E-state index contributed by atoms with van der Waals surface area (Å²) in [5.41, 5.74) is 1.57. The lowest BCUT2D eigenvalue weighted by Gasteiger charge is -2.19. The van der Waals surface area contributed by atoms with Gasteiger partial charge in [-0.2, -0.15) is 4.72 Å². The molecule has 0 radical (unpaired) electrons. The molecule has 0 bridgehead atoms. The second-order valence-corrected chi connectivity index (χ2v) is 8.92. The maximum Gasteiger partial charge on any atom is 0.324 e. The molecule has 3 aromatic rings. The van der Waals surface area contributed by atoms with Crippen LogP contribution in [-0.4, -0.2) is 27.5 Å². The fraction of sp³-hybridized carbons (Fsp3) is 0.208. The van der Waals surface area contributed by atoms with Crippen LogP contribution in [0.2, 0.25) is 0 Å². The molecule has 30 heavy (non-hydrogen) atoms. The van der Waals surface area contributed by atoms with E-state index in [-0.39, 0.29) is 10.8 Å². The van der Waals surface area contributed by atoms with E-state index in [2.05, 4.69) is 16.6 Å². The van der Waals surface area contributed by atoms with E-state index in [0.29, 0.717) is 5.56 Å². The van der Waals surface area contributed by atoms with Crippen molar-refractivity contribution in [2.75, 3.05) is 7.11 Å². The van der Waals surface area contributed by atoms with Gasteiger partial charge in [-0.05, 0) is 53.1 Å². The fourth-order valence-electron chi connectivity index (χ4n) is 2.95. The number of ether oxygens (including phenoxy) is 1. The normalized spacial score (nSPS) is 12.3. The Kier molecular flexibility index (Phi) is 6.56. The number of methoxy groups -OCH3 is 1. The van der Waals surface area contributed by atoms with Gasteiger partial charge in [0.05, 0.1) is 12.0 Å². The van der Waals surface area contributed by atoms with Crippen LogP contribution >= 0.6 is 0 Å². The van der Waals surface area contributed by atoms with Gasteiger partial charge in [0.2, 0.25) is 10.0 Å². The average molecular weight is 422 g/mol. The largest absolute Gasteiger partial charge is 0.468 e. The second kappa shape index (κ2) is 9.12. The molecule has 0 aliphatic heterocycles. The van der Waals surface area contributed by atoms with Gasteiger partial charge in [0.15, 0.2) is 0 Å². The van der Waals surface area contributed by atoms with Crippen LogP contribution in [0.3, 0.4) is 0 Å². The van der Waals surface area contributed by atoms with Gasteiger partial charge in [0, 0.05) is 11.1 Å². The van der Waals surface area contributed by atoms with Crippen molar-refractivity contribution < 1.29 is 17.9 Å². The van der Waals surface area contributed by atoms with Crippen molar-refractivity contribution in [3.8, 4) is 11.8 Å². The Labute approximate surface area is 177 Å². The number of rotatable bonds is 5. The number of esters is 1. The molecule has 1 N–H and O–H groups in total. The van der Waals surface area contributed by atoms with Crippen LogP contribution in [0.15, 0.2) is 71.6 Å². The number of hydrogen-bond donors (Lipinski definition) is 1. The van der Waals surface area contributed by atoms with Crippen molar-refractivity contribution in [2.24, 2.45) is 5.92 Å². The van der Waals surface area contributed by atoms with Crippen molar-refractivity contribution in [1.29, 1.82) is 0 Å². The third kappa shape index (κ3) is 5.07. The molecule has 0 fully saturated rings. The zero-order chi connectivity index (χ0) is 21.7. The lowest BCUT2D eigenvalue weighted by atomic mass is 10.1. The summed E-state index contributed by atoms with van der Waals surface area (Å²) in [5.74, 6) is 5.29. The third-order valence-electron chi connectivity index (χ3n) is 4.67. The SMILES string of the molecule is COC(=O)[C@@H](NS(=O)(=O)c1ccc(C#Cc2ccc3ccccc3c2)cc1)C(C)C. The number of carbonyl (C=O) groups excluding carboxylic acids is 1. The number of carbonyl (C=O) groups is 1. The number of benzene rings is 3. The van der Waals surface area contributed by atoms with E-state index in [1.165, 1.54) is 19.2 Å². The predicted octanol–water partition coefficient (Wildman–Crippen LogP) is 3.72. The summed E-state index contributed by atoms with van der Waals surface area (Å²) in [4.78, 5) is 11.9. The highest BCUT2D eigenvalue weighted by Crippen LogP contribution is 2.16. The summed E-state index contributed by atoms with van der Waals surface area (Å²) >= 11 is 0. The molecule has 0 spiro atoms. The van der Waals surface area contributed by atoms with Gasteiger partial charge in [-0.15, -0.1) is 0 Å². The van der Waals surface area contributed by atoms with E-state index in [1.54, 1.807) is 26.0 Å². The van der Waals surface area contributed by atoms with E-state index in [1.807, 2.05) is 42.5 Å². The first-order valence-electron chi connectivity index (χ1n) is 9.51. The Morgan fingerprint density at radius 3 is 2.13 bits per heavy atom. The maximum atomic E-state index is 12.6. The van der Waals surface area contributed by atoms with E-state index in [0.717, 1.165) is 16.3 Å². The van der Waals surface area contributed by atoms with Crippen molar-refractivity contribution in [3.05, 3.63) is 77.9 Å². The van der Waals surface area contributed by atoms with Gasteiger partial charge >= 0.3 is 5.97 Å². The minimum Gasteiger partial charge on any atom is -0.468 e. The van der Waals surface area contributed by atoms with E-state index >= 15 is 0 Å². The first kappa shape index (κ1) is 21.6. The van der Waals surface area contributed by atoms with Crippen molar-refractivity contribution in [1.82, 2.24) is 4.72 Å². The molecule has 154 valence electrons. The van der Waals surface area contributed by atoms with Crippen LogP contribution in [-0.2, 0) is 19.6 Å². The standard InChI is InChI=1S/C24H23NO4S/c1-17(2)23(24(26)29-3)25-30(27,28)22-14-11-18(12-15-22)8-9-19-10-13-20-6-4-5-7-21(20)16-19/h4-7,10-17,23,25H,1-3H3/t23-/m0/s1. The molecule has 6 heteroatoms. The summed E-state index contributed by atoms with van der Waals surface area (Å²) in [6, 6.07) is 19.3. The predicted molar refractivity (Wildman–Crippen MR) is 117 cm³/mol. The number of nitrogens with one attached hydrogen (secondary N) is 1. The molecule has 0 saturated carbocycles. The highest BCUT2D eigenvalue weighted by atomic mass is 32.2. The van der Waals surface area contributed by atoms with Crippen molar-refractivity contribution >= 4 is 26.8 Å². The van der Waals surface area contributed by atoms with Gasteiger partial charge in [-0.3, -0.25) is 4.79 Å². The second-order valence-electron chi connectivity index (χ2n) is 7.20. The third-order valence-corrected chi connectivity index (χ3v) is 6.13. The summed E-state index contributed by atoms with van der Waals surface area (Å²) in [6.45, 7) is 3.49. The minimum atomic E-state index is -3.87. The van der Waals surface area contributed by atoms with Crippen LogP contribution < -0.4 is 4.72 Å². The van der Waals surface area contributed by atoms with Crippen LogP contribution in [0.4, 0.5) is 0 Å². The molecule has 0 unspecified atom stereocenters. The number of hydrogen-bond acceptors (Lipinski definition) is 4. The molecular formula is C24H23NO4S. The van der Waals surface area contributed by atoms with Crippen LogP contribution in [0.1, 0.15) is 25.0 Å². The first-order chi connectivity index (χ1) is 14.3. The molecule has 3 rings (SSSR count). The van der Waals surface area contributed by atoms with Gasteiger partial charge in [0.1, 0.15) is 6.04 Å². The van der Waals surface area contributed by atoms with Crippen LogP contribution in [0.25, 0.3) is 10.8 Å². The van der Waals surface area contributed by atoms with Gasteiger partial charge in [-0.25, -0.2) is 8.42 Å². The highest BCUT2D eigenvalue weighted by Gasteiger charge is 2.28. The molecule has 1 atom stereocenters. The van der Waals surface area contributed by atoms with E-state index in [9.17, 15) is 13.2 Å². The lowest BCUT2D eigenvalue weighted by Crippen LogP contribution is -2.44. The molecule has 0 aliphatic carbocycles. The number of sulfonamides is 1.